The summed E-state index contributed by atoms with van der Waals surface area (Å²) in [6.07, 6.45) is 7.53. The molecule has 0 bridgehead atoms. The van der Waals surface area contributed by atoms with Gasteiger partial charge in [-0.15, -0.1) is 0 Å². The van der Waals surface area contributed by atoms with Crippen LogP contribution in [-0.4, -0.2) is 26.2 Å². The zero-order valence-corrected chi connectivity index (χ0v) is 13.8. The monoisotopic (exact) mass is 324 g/mol. The second kappa shape index (κ2) is 5.33. The number of allylic oxidation sites excluding steroid dienone is 3. The number of rotatable bonds is 2. The molecule has 0 unspecified atom stereocenters. The van der Waals surface area contributed by atoms with Crippen molar-refractivity contribution in [3.63, 3.8) is 0 Å². The third kappa shape index (κ3) is 1.80. The van der Waals surface area contributed by atoms with Gasteiger partial charge in [0, 0.05) is 5.92 Å². The molecule has 1 aromatic rings. The highest BCUT2D eigenvalue weighted by atomic mass is 16.5. The first-order valence-corrected chi connectivity index (χ1v) is 8.26. The molecule has 1 fully saturated rings. The Morgan fingerprint density at radius 2 is 1.83 bits per heavy atom. The molecule has 0 aromatic heterocycles. The lowest BCUT2D eigenvalue weighted by molar-refractivity contribution is -0.172. The van der Waals surface area contributed by atoms with Crippen molar-refractivity contribution in [3.8, 4) is 0 Å². The van der Waals surface area contributed by atoms with E-state index >= 15 is 0 Å². The van der Waals surface area contributed by atoms with Crippen molar-refractivity contribution < 1.29 is 19.1 Å². The van der Waals surface area contributed by atoms with Gasteiger partial charge in [-0.3, -0.25) is 9.59 Å². The molecule has 0 amide bonds. The van der Waals surface area contributed by atoms with Gasteiger partial charge in [0.1, 0.15) is 0 Å². The Bertz CT molecular complexity index is 758. The first-order valence-electron chi connectivity index (χ1n) is 8.26. The third-order valence-electron chi connectivity index (χ3n) is 5.89. The van der Waals surface area contributed by atoms with E-state index in [4.69, 9.17) is 9.47 Å². The molecule has 3 aliphatic rings. The van der Waals surface area contributed by atoms with Gasteiger partial charge in [0.15, 0.2) is 5.41 Å². The Kier molecular flexibility index (Phi) is 3.37. The average Bonchev–Trinajstić information content (AvgIpc) is 2.97. The number of fused-ring (bicyclic) bond motifs is 2. The molecule has 1 saturated carbocycles. The summed E-state index contributed by atoms with van der Waals surface area (Å²) in [7, 11) is 2.68. The lowest BCUT2D eigenvalue weighted by Gasteiger charge is -2.38. The quantitative estimate of drug-likeness (QED) is 0.476. The predicted octanol–water partition coefficient (Wildman–Crippen LogP) is 3.10. The maximum absolute atomic E-state index is 12.7. The lowest BCUT2D eigenvalue weighted by atomic mass is 9.65. The molecule has 0 N–H and O–H groups in total. The molecule has 0 saturated heterocycles. The van der Waals surface area contributed by atoms with E-state index in [9.17, 15) is 9.59 Å². The normalized spacial score (nSPS) is 28.4. The van der Waals surface area contributed by atoms with Gasteiger partial charge >= 0.3 is 11.9 Å². The highest BCUT2D eigenvalue weighted by Gasteiger charge is 2.64. The van der Waals surface area contributed by atoms with Crippen LogP contribution in [0, 0.1) is 17.3 Å². The fourth-order valence-electron chi connectivity index (χ4n) is 4.94. The lowest BCUT2D eigenvalue weighted by Crippen LogP contribution is -2.46. The van der Waals surface area contributed by atoms with Gasteiger partial charge in [-0.1, -0.05) is 48.1 Å². The second-order valence-electron chi connectivity index (χ2n) is 6.80. The van der Waals surface area contributed by atoms with Crippen molar-refractivity contribution in [2.75, 3.05) is 14.2 Å². The highest BCUT2D eigenvalue weighted by Crippen LogP contribution is 2.61. The second-order valence-corrected chi connectivity index (χ2v) is 6.80. The van der Waals surface area contributed by atoms with E-state index in [0.717, 1.165) is 5.57 Å². The van der Waals surface area contributed by atoms with Gasteiger partial charge in [-0.25, -0.2) is 0 Å². The molecule has 0 heterocycles. The van der Waals surface area contributed by atoms with Crippen LogP contribution < -0.4 is 0 Å². The van der Waals surface area contributed by atoms with E-state index in [1.165, 1.54) is 25.3 Å². The smallest absolute Gasteiger partial charge is 0.323 e. The highest BCUT2D eigenvalue weighted by molar-refractivity contribution is 6.02. The van der Waals surface area contributed by atoms with Crippen molar-refractivity contribution in [2.45, 2.75) is 18.8 Å². The van der Waals surface area contributed by atoms with E-state index in [1.807, 2.05) is 12.1 Å². The molecule has 1 aromatic carbocycles. The van der Waals surface area contributed by atoms with Gasteiger partial charge in [0.2, 0.25) is 0 Å². The van der Waals surface area contributed by atoms with Gasteiger partial charge < -0.3 is 9.47 Å². The maximum atomic E-state index is 12.7. The van der Waals surface area contributed by atoms with Crippen LogP contribution in [0.3, 0.4) is 0 Å². The van der Waals surface area contributed by atoms with Crippen LogP contribution in [0.1, 0.15) is 29.9 Å². The van der Waals surface area contributed by atoms with Gasteiger partial charge in [-0.05, 0) is 35.8 Å². The third-order valence-corrected chi connectivity index (χ3v) is 5.89. The maximum Gasteiger partial charge on any atom is 0.323 e. The van der Waals surface area contributed by atoms with Crippen molar-refractivity contribution >= 4 is 18.0 Å². The summed E-state index contributed by atoms with van der Waals surface area (Å²) < 4.78 is 10.1. The van der Waals surface area contributed by atoms with Gasteiger partial charge in [0.25, 0.3) is 0 Å². The van der Waals surface area contributed by atoms with Gasteiger partial charge in [-0.2, -0.15) is 0 Å². The number of esters is 2. The minimum atomic E-state index is -1.23. The van der Waals surface area contributed by atoms with Crippen LogP contribution in [0.5, 0.6) is 0 Å². The Labute approximate surface area is 141 Å². The summed E-state index contributed by atoms with van der Waals surface area (Å²) in [5.74, 6) is -0.716. The van der Waals surface area contributed by atoms with E-state index in [2.05, 4.69) is 30.4 Å². The standard InChI is InChI=1S/C20H20O4/c1-23-18(21)20(19(22)24-2)11-13-10-12-6-3-4-7-14(12)15-8-5-9-16(20)17(13)15/h3-8,10,15-17H,9,11H2,1-2H3/t15-,16-,17+/m1/s1. The molecule has 4 nitrogen and oxygen atoms in total. The fourth-order valence-corrected chi connectivity index (χ4v) is 4.94. The minimum absolute atomic E-state index is 0.119. The molecular formula is C20H20O4. The molecule has 3 aliphatic carbocycles. The molecule has 4 heteroatoms. The number of methoxy groups -OCH3 is 2. The van der Waals surface area contributed by atoms with Crippen LogP contribution in [0.25, 0.3) is 6.08 Å². The first kappa shape index (κ1) is 15.2. The summed E-state index contributed by atoms with van der Waals surface area (Å²) in [4.78, 5) is 25.4. The fraction of sp³-hybridized carbons (Fsp3) is 0.400. The topological polar surface area (TPSA) is 52.6 Å². The number of ether oxygens (including phenoxy) is 2. The zero-order valence-electron chi connectivity index (χ0n) is 13.8. The average molecular weight is 324 g/mol. The molecule has 24 heavy (non-hydrogen) atoms. The summed E-state index contributed by atoms with van der Waals surface area (Å²) in [5.41, 5.74) is 2.36. The number of carbonyl (C=O) groups excluding carboxylic acids is 2. The van der Waals surface area contributed by atoms with Crippen molar-refractivity contribution in [3.05, 3.63) is 53.1 Å². The van der Waals surface area contributed by atoms with E-state index in [-0.39, 0.29) is 17.8 Å². The Balaban J connectivity index is 1.90. The minimum Gasteiger partial charge on any atom is -0.468 e. The Morgan fingerprint density at radius 1 is 1.12 bits per heavy atom. The number of hydrogen-bond acceptors (Lipinski definition) is 4. The van der Waals surface area contributed by atoms with Crippen molar-refractivity contribution in [2.24, 2.45) is 17.3 Å². The summed E-state index contributed by atoms with van der Waals surface area (Å²) in [5, 5.41) is 0. The predicted molar refractivity (Wildman–Crippen MR) is 89.0 cm³/mol. The molecule has 124 valence electrons. The number of benzene rings is 1. The van der Waals surface area contributed by atoms with Crippen LogP contribution in [-0.2, 0) is 19.1 Å². The van der Waals surface area contributed by atoms with Crippen molar-refractivity contribution in [1.29, 1.82) is 0 Å². The summed E-state index contributed by atoms with van der Waals surface area (Å²) in [6.45, 7) is 0. The van der Waals surface area contributed by atoms with Crippen LogP contribution in [0.4, 0.5) is 0 Å². The molecule has 4 rings (SSSR count). The van der Waals surface area contributed by atoms with Crippen molar-refractivity contribution in [1.82, 2.24) is 0 Å². The largest absolute Gasteiger partial charge is 0.468 e. The number of carbonyl (C=O) groups is 2. The first-order chi connectivity index (χ1) is 11.6. The number of hydrogen-bond donors (Lipinski definition) is 0. The van der Waals surface area contributed by atoms with Gasteiger partial charge in [0.05, 0.1) is 14.2 Å². The summed E-state index contributed by atoms with van der Waals surface area (Å²) >= 11 is 0. The van der Waals surface area contributed by atoms with E-state index < -0.39 is 17.4 Å². The SMILES string of the molecule is COC(=O)C1(C(=O)OC)CC2=Cc3ccccc3[C@H]3C=CC[C@@H]1[C@@H]23. The molecule has 0 aliphatic heterocycles. The Hall–Kier alpha value is -2.36. The molecule has 0 spiro atoms. The van der Waals surface area contributed by atoms with Crippen LogP contribution >= 0.6 is 0 Å². The molecule has 0 radical (unpaired) electrons. The van der Waals surface area contributed by atoms with Crippen LogP contribution in [0.2, 0.25) is 0 Å². The summed E-state index contributed by atoms with van der Waals surface area (Å²) in [6, 6.07) is 8.28. The van der Waals surface area contributed by atoms with E-state index in [1.54, 1.807) is 0 Å². The zero-order chi connectivity index (χ0) is 16.9. The van der Waals surface area contributed by atoms with Crippen LogP contribution in [0.15, 0.2) is 42.0 Å². The molecule has 3 atom stereocenters. The van der Waals surface area contributed by atoms with E-state index in [0.29, 0.717) is 12.8 Å². The Morgan fingerprint density at radius 3 is 2.54 bits per heavy atom. The molecular weight excluding hydrogens is 304 g/mol.